The van der Waals surface area contributed by atoms with Crippen LogP contribution in [0.15, 0.2) is 28.8 Å². The molecule has 1 atom stereocenters. The molecule has 2 aromatic rings. The van der Waals surface area contributed by atoms with E-state index in [-0.39, 0.29) is 17.9 Å². The highest BCUT2D eigenvalue weighted by atomic mass is 19.1. The first kappa shape index (κ1) is 15.5. The summed E-state index contributed by atoms with van der Waals surface area (Å²) in [6.45, 7) is 2.34. The Morgan fingerprint density at radius 2 is 2.26 bits per heavy atom. The van der Waals surface area contributed by atoms with Crippen LogP contribution in [0.4, 0.5) is 14.9 Å². The number of likely N-dealkylation sites (tertiary alicyclic amines) is 1. The summed E-state index contributed by atoms with van der Waals surface area (Å²) >= 11 is 0. The molecule has 2 amide bonds. The summed E-state index contributed by atoms with van der Waals surface area (Å²) in [4.78, 5) is 18.6. The zero-order valence-electron chi connectivity index (χ0n) is 13.0. The molecule has 1 N–H and O–H groups in total. The van der Waals surface area contributed by atoms with Gasteiger partial charge in [-0.3, -0.25) is 0 Å². The Hall–Kier alpha value is -2.44. The largest absolute Gasteiger partial charge is 0.340 e. The molecule has 7 heteroatoms. The van der Waals surface area contributed by atoms with Crippen LogP contribution >= 0.6 is 0 Å². The average molecular weight is 318 g/mol. The van der Waals surface area contributed by atoms with Crippen LogP contribution in [0.1, 0.15) is 43.4 Å². The van der Waals surface area contributed by atoms with Gasteiger partial charge in [-0.2, -0.15) is 4.98 Å². The van der Waals surface area contributed by atoms with Gasteiger partial charge in [0, 0.05) is 19.2 Å². The third kappa shape index (κ3) is 3.67. The maximum atomic E-state index is 13.3. The molecule has 1 aliphatic heterocycles. The number of benzene rings is 1. The molecule has 1 aromatic carbocycles. The second-order valence-corrected chi connectivity index (χ2v) is 5.67. The number of rotatable bonds is 2. The van der Waals surface area contributed by atoms with Crippen LogP contribution in [0, 0.1) is 12.7 Å². The number of halogens is 1. The fourth-order valence-electron chi connectivity index (χ4n) is 2.83. The molecule has 1 aliphatic rings. The minimum atomic E-state index is -0.385. The number of nitrogens with zero attached hydrogens (tertiary/aromatic N) is 3. The lowest BCUT2D eigenvalue weighted by atomic mass is 10.1. The van der Waals surface area contributed by atoms with E-state index in [1.54, 1.807) is 24.0 Å². The highest BCUT2D eigenvalue weighted by Gasteiger charge is 2.30. The molecule has 1 saturated heterocycles. The van der Waals surface area contributed by atoms with Gasteiger partial charge in [-0.1, -0.05) is 24.1 Å². The standard InChI is InChI=1S/C16H19FN4O2/c1-11-18-15(20-23-11)14-8-3-2-4-9-21(14)16(22)19-13-7-5-6-12(17)10-13/h5-7,10,14H,2-4,8-9H2,1H3,(H,19,22). The predicted molar refractivity (Wildman–Crippen MR) is 82.4 cm³/mol. The number of aromatic nitrogens is 2. The van der Waals surface area contributed by atoms with Crippen molar-refractivity contribution in [2.24, 2.45) is 0 Å². The predicted octanol–water partition coefficient (Wildman–Crippen LogP) is 3.67. The number of aryl methyl sites for hydroxylation is 1. The number of nitrogens with one attached hydrogen (secondary N) is 1. The van der Waals surface area contributed by atoms with Crippen LogP contribution in [0.2, 0.25) is 0 Å². The van der Waals surface area contributed by atoms with E-state index in [4.69, 9.17) is 4.52 Å². The highest BCUT2D eigenvalue weighted by Crippen LogP contribution is 2.29. The third-order valence-electron chi connectivity index (χ3n) is 3.93. The molecule has 23 heavy (non-hydrogen) atoms. The molecule has 1 fully saturated rings. The summed E-state index contributed by atoms with van der Waals surface area (Å²) in [5, 5.41) is 6.71. The molecule has 0 bridgehead atoms. The van der Waals surface area contributed by atoms with Gasteiger partial charge in [0.25, 0.3) is 0 Å². The maximum absolute atomic E-state index is 13.3. The third-order valence-corrected chi connectivity index (χ3v) is 3.93. The van der Waals surface area contributed by atoms with E-state index in [1.807, 2.05) is 0 Å². The van der Waals surface area contributed by atoms with Gasteiger partial charge in [-0.25, -0.2) is 9.18 Å². The van der Waals surface area contributed by atoms with Crippen LogP contribution in [0.3, 0.4) is 0 Å². The molecular formula is C16H19FN4O2. The number of hydrogen-bond donors (Lipinski definition) is 1. The number of carbonyl (C=O) groups is 1. The van der Waals surface area contributed by atoms with Crippen molar-refractivity contribution in [3.8, 4) is 0 Å². The normalized spacial score (nSPS) is 18.5. The van der Waals surface area contributed by atoms with Gasteiger partial charge >= 0.3 is 6.03 Å². The molecule has 1 unspecified atom stereocenters. The van der Waals surface area contributed by atoms with Crippen LogP contribution in [-0.4, -0.2) is 27.6 Å². The zero-order chi connectivity index (χ0) is 16.2. The Morgan fingerprint density at radius 3 is 3.00 bits per heavy atom. The van der Waals surface area contributed by atoms with E-state index in [2.05, 4.69) is 15.5 Å². The maximum Gasteiger partial charge on any atom is 0.322 e. The Kier molecular flexibility index (Phi) is 4.55. The van der Waals surface area contributed by atoms with Gasteiger partial charge in [0.05, 0.1) is 6.04 Å². The molecule has 0 aliphatic carbocycles. The van der Waals surface area contributed by atoms with Crippen LogP contribution in [0.25, 0.3) is 0 Å². The van der Waals surface area contributed by atoms with Crippen molar-refractivity contribution < 1.29 is 13.7 Å². The fourth-order valence-corrected chi connectivity index (χ4v) is 2.83. The number of hydrogen-bond acceptors (Lipinski definition) is 4. The quantitative estimate of drug-likeness (QED) is 0.917. The molecule has 1 aromatic heterocycles. The topological polar surface area (TPSA) is 71.3 Å². The van der Waals surface area contributed by atoms with Gasteiger partial charge in [0.2, 0.25) is 5.89 Å². The van der Waals surface area contributed by atoms with Crippen LogP contribution in [-0.2, 0) is 0 Å². The van der Waals surface area contributed by atoms with E-state index in [0.29, 0.717) is 23.9 Å². The lowest BCUT2D eigenvalue weighted by molar-refractivity contribution is 0.184. The molecule has 122 valence electrons. The Labute approximate surface area is 133 Å². The second kappa shape index (κ2) is 6.76. The summed E-state index contributed by atoms with van der Waals surface area (Å²) in [5.74, 6) is 0.623. The van der Waals surface area contributed by atoms with Gasteiger partial charge in [0.15, 0.2) is 5.82 Å². The van der Waals surface area contributed by atoms with Gasteiger partial charge in [-0.05, 0) is 31.0 Å². The van der Waals surface area contributed by atoms with Gasteiger partial charge in [-0.15, -0.1) is 0 Å². The number of carbonyl (C=O) groups excluding carboxylic acids is 1. The fraction of sp³-hybridized carbons (Fsp3) is 0.438. The monoisotopic (exact) mass is 318 g/mol. The van der Waals surface area contributed by atoms with Crippen molar-refractivity contribution in [2.45, 2.75) is 38.6 Å². The van der Waals surface area contributed by atoms with E-state index >= 15 is 0 Å². The lowest BCUT2D eigenvalue weighted by Crippen LogP contribution is -2.38. The van der Waals surface area contributed by atoms with Crippen molar-refractivity contribution in [1.82, 2.24) is 15.0 Å². The minimum absolute atomic E-state index is 0.219. The number of urea groups is 1. The highest BCUT2D eigenvalue weighted by molar-refractivity contribution is 5.89. The Morgan fingerprint density at radius 1 is 1.39 bits per heavy atom. The first-order valence-electron chi connectivity index (χ1n) is 7.77. The van der Waals surface area contributed by atoms with E-state index in [0.717, 1.165) is 25.7 Å². The van der Waals surface area contributed by atoms with Crippen LogP contribution < -0.4 is 5.32 Å². The zero-order valence-corrected chi connectivity index (χ0v) is 13.0. The molecule has 0 spiro atoms. The molecule has 2 heterocycles. The SMILES string of the molecule is Cc1nc(C2CCCCCN2C(=O)Nc2cccc(F)c2)no1. The molecular weight excluding hydrogens is 299 g/mol. The molecule has 0 radical (unpaired) electrons. The van der Waals surface area contributed by atoms with Crippen molar-refractivity contribution >= 4 is 11.7 Å². The van der Waals surface area contributed by atoms with Crippen molar-refractivity contribution in [1.29, 1.82) is 0 Å². The summed E-state index contributed by atoms with van der Waals surface area (Å²) in [6, 6.07) is 5.36. The number of anilines is 1. The van der Waals surface area contributed by atoms with Gasteiger partial charge < -0.3 is 14.7 Å². The summed E-state index contributed by atoms with van der Waals surface area (Å²) in [5.41, 5.74) is 0.433. The lowest BCUT2D eigenvalue weighted by Gasteiger charge is -2.28. The first-order valence-corrected chi connectivity index (χ1v) is 7.77. The van der Waals surface area contributed by atoms with Crippen molar-refractivity contribution in [3.05, 3.63) is 41.8 Å². The summed E-state index contributed by atoms with van der Waals surface area (Å²) < 4.78 is 18.3. The summed E-state index contributed by atoms with van der Waals surface area (Å²) in [7, 11) is 0. The molecule has 6 nitrogen and oxygen atoms in total. The first-order chi connectivity index (χ1) is 11.1. The molecule has 3 rings (SSSR count). The van der Waals surface area contributed by atoms with E-state index < -0.39 is 0 Å². The smallest absolute Gasteiger partial charge is 0.322 e. The summed E-state index contributed by atoms with van der Waals surface area (Å²) in [6.07, 6.45) is 3.76. The van der Waals surface area contributed by atoms with Crippen LogP contribution in [0.5, 0.6) is 0 Å². The Balaban J connectivity index is 1.80. The molecule has 0 saturated carbocycles. The van der Waals surface area contributed by atoms with Crippen molar-refractivity contribution in [2.75, 3.05) is 11.9 Å². The number of amides is 2. The van der Waals surface area contributed by atoms with E-state index in [1.165, 1.54) is 12.1 Å². The van der Waals surface area contributed by atoms with Crippen molar-refractivity contribution in [3.63, 3.8) is 0 Å². The van der Waals surface area contributed by atoms with Gasteiger partial charge in [0.1, 0.15) is 5.82 Å². The average Bonchev–Trinajstić information content (AvgIpc) is 2.81. The van der Waals surface area contributed by atoms with E-state index in [9.17, 15) is 9.18 Å². The second-order valence-electron chi connectivity index (χ2n) is 5.67. The minimum Gasteiger partial charge on any atom is -0.340 e. The Bertz CT molecular complexity index is 688.